The molecular weight excluding hydrogens is 158 g/mol. The summed E-state index contributed by atoms with van der Waals surface area (Å²) >= 11 is 0. The maximum absolute atomic E-state index is 10.7. The summed E-state index contributed by atoms with van der Waals surface area (Å²) in [6.45, 7) is 0. The fraction of sp³-hybridized carbons (Fsp3) is 0.167. The molecule has 0 atom stereocenters. The molecule has 0 aromatic carbocycles. The van der Waals surface area contributed by atoms with Crippen molar-refractivity contribution < 1.29 is 4.79 Å². The third kappa shape index (κ3) is 1.60. The quantitative estimate of drug-likeness (QED) is 0.421. The second-order valence-electron chi connectivity index (χ2n) is 2.02. The van der Waals surface area contributed by atoms with Crippen LogP contribution in [0.2, 0.25) is 0 Å². The molecule has 0 aliphatic rings. The highest BCUT2D eigenvalue weighted by Gasteiger charge is 2.08. The second-order valence-corrected chi connectivity index (χ2v) is 2.02. The number of nitrogens with one attached hydrogen (secondary N) is 2. The number of anilines is 1. The molecule has 6 nitrogen and oxygen atoms in total. The third-order valence-electron chi connectivity index (χ3n) is 1.22. The second kappa shape index (κ2) is 3.51. The van der Waals surface area contributed by atoms with E-state index in [1.165, 1.54) is 12.7 Å². The van der Waals surface area contributed by atoms with Crippen molar-refractivity contribution in [1.29, 1.82) is 0 Å². The minimum atomic E-state index is -0.556. The molecule has 0 fully saturated rings. The van der Waals surface area contributed by atoms with Crippen LogP contribution in [0.5, 0.6) is 0 Å². The van der Waals surface area contributed by atoms with E-state index in [-0.39, 0.29) is 5.69 Å². The van der Waals surface area contributed by atoms with Crippen LogP contribution in [0.25, 0.3) is 0 Å². The highest BCUT2D eigenvalue weighted by Crippen LogP contribution is 2.06. The Morgan fingerprint density at radius 3 is 3.25 bits per heavy atom. The largest absolute Gasteiger partial charge is 0.364 e. The monoisotopic (exact) mass is 167 g/mol. The van der Waals surface area contributed by atoms with Crippen LogP contribution in [0.15, 0.2) is 11.3 Å². The van der Waals surface area contributed by atoms with Crippen molar-refractivity contribution in [3.05, 3.63) is 12.0 Å². The van der Waals surface area contributed by atoms with E-state index >= 15 is 0 Å². The number of aromatic amines is 1. The van der Waals surface area contributed by atoms with Crippen LogP contribution >= 0.6 is 0 Å². The lowest BCUT2D eigenvalue weighted by atomic mass is 10.4. The summed E-state index contributed by atoms with van der Waals surface area (Å²) in [5.74, 6) is -0.174. The number of nitrogens with two attached hydrogens (primary N) is 1. The number of aliphatic imine (C=N–C) groups is 1. The van der Waals surface area contributed by atoms with E-state index in [1.807, 2.05) is 0 Å². The predicted molar refractivity (Wildman–Crippen MR) is 45.1 cm³/mol. The number of H-pyrrole nitrogens is 1. The Morgan fingerprint density at radius 1 is 1.92 bits per heavy atom. The van der Waals surface area contributed by atoms with Crippen molar-refractivity contribution in [2.45, 2.75) is 0 Å². The lowest BCUT2D eigenvalue weighted by Crippen LogP contribution is -2.14. The smallest absolute Gasteiger partial charge is 0.269 e. The van der Waals surface area contributed by atoms with Crippen LogP contribution in [0, 0.1) is 0 Å². The Balaban J connectivity index is 2.84. The Hall–Kier alpha value is -1.85. The van der Waals surface area contributed by atoms with Crippen molar-refractivity contribution in [2.75, 3.05) is 12.4 Å². The van der Waals surface area contributed by atoms with Gasteiger partial charge in [-0.2, -0.15) is 0 Å². The number of carbonyl (C=O) groups excluding carboxylic acids is 1. The summed E-state index contributed by atoms with van der Waals surface area (Å²) in [6.07, 6.45) is 2.80. The van der Waals surface area contributed by atoms with Crippen molar-refractivity contribution in [3.63, 3.8) is 0 Å². The molecule has 0 aliphatic carbocycles. The number of imidazole rings is 1. The number of amides is 1. The Morgan fingerprint density at radius 2 is 2.67 bits per heavy atom. The average molecular weight is 167 g/mol. The number of hydrogen-bond donors (Lipinski definition) is 3. The Kier molecular flexibility index (Phi) is 2.42. The van der Waals surface area contributed by atoms with E-state index in [1.54, 1.807) is 7.05 Å². The van der Waals surface area contributed by atoms with Gasteiger partial charge in [0.05, 0.1) is 12.7 Å². The maximum atomic E-state index is 10.7. The van der Waals surface area contributed by atoms with Crippen LogP contribution in [0.4, 0.5) is 5.82 Å². The number of nitrogens with zero attached hydrogens (tertiary/aromatic N) is 2. The average Bonchev–Trinajstić information content (AvgIpc) is 2.48. The van der Waals surface area contributed by atoms with Gasteiger partial charge in [-0.25, -0.2) is 4.98 Å². The number of carbonyl (C=O) groups is 1. The van der Waals surface area contributed by atoms with Crippen LogP contribution in [-0.4, -0.2) is 29.3 Å². The van der Waals surface area contributed by atoms with Gasteiger partial charge >= 0.3 is 0 Å². The minimum absolute atomic E-state index is 0.245. The van der Waals surface area contributed by atoms with Gasteiger partial charge in [-0.3, -0.25) is 9.79 Å². The fourth-order valence-corrected chi connectivity index (χ4v) is 0.717. The molecule has 0 unspecified atom stereocenters. The highest BCUT2D eigenvalue weighted by atomic mass is 16.1. The normalized spacial score (nSPS) is 10.4. The van der Waals surface area contributed by atoms with Crippen molar-refractivity contribution >= 4 is 18.1 Å². The Bertz CT molecular complexity index is 303. The summed E-state index contributed by atoms with van der Waals surface area (Å²) < 4.78 is 0. The lowest BCUT2D eigenvalue weighted by Gasteiger charge is -1.95. The predicted octanol–water partition coefficient (Wildman–Crippen LogP) is -0.421. The zero-order valence-corrected chi connectivity index (χ0v) is 6.53. The van der Waals surface area contributed by atoms with E-state index in [2.05, 4.69) is 20.3 Å². The van der Waals surface area contributed by atoms with Gasteiger partial charge in [0.1, 0.15) is 5.69 Å². The van der Waals surface area contributed by atoms with Crippen molar-refractivity contribution in [3.8, 4) is 0 Å². The van der Waals surface area contributed by atoms with E-state index in [4.69, 9.17) is 5.73 Å². The first kappa shape index (κ1) is 8.25. The molecule has 0 spiro atoms. The molecule has 0 bridgehead atoms. The zero-order valence-electron chi connectivity index (χ0n) is 6.53. The van der Waals surface area contributed by atoms with Crippen LogP contribution < -0.4 is 11.1 Å². The molecule has 64 valence electrons. The zero-order chi connectivity index (χ0) is 8.97. The molecule has 0 aliphatic heterocycles. The SMILES string of the molecule is CN=CNc1nc[nH]c1C(N)=O. The molecule has 4 N–H and O–H groups in total. The molecule has 0 radical (unpaired) electrons. The number of hydrogen-bond acceptors (Lipinski definition) is 3. The van der Waals surface area contributed by atoms with Gasteiger partial charge in [-0.1, -0.05) is 0 Å². The van der Waals surface area contributed by atoms with Crippen LogP contribution in [0.1, 0.15) is 10.5 Å². The molecule has 12 heavy (non-hydrogen) atoms. The molecule has 1 rings (SSSR count). The summed E-state index contributed by atoms with van der Waals surface area (Å²) in [6, 6.07) is 0. The van der Waals surface area contributed by atoms with Gasteiger partial charge in [-0.05, 0) is 0 Å². The molecule has 1 amide bonds. The summed E-state index contributed by atoms with van der Waals surface area (Å²) in [5, 5.41) is 2.69. The number of rotatable bonds is 3. The van der Waals surface area contributed by atoms with Gasteiger partial charge in [0.25, 0.3) is 5.91 Å². The Labute approximate surface area is 68.9 Å². The van der Waals surface area contributed by atoms with Crippen molar-refractivity contribution in [1.82, 2.24) is 9.97 Å². The van der Waals surface area contributed by atoms with E-state index < -0.39 is 5.91 Å². The minimum Gasteiger partial charge on any atom is -0.364 e. The highest BCUT2D eigenvalue weighted by molar-refractivity contribution is 5.97. The first-order valence-corrected chi connectivity index (χ1v) is 3.26. The first-order valence-electron chi connectivity index (χ1n) is 3.26. The topological polar surface area (TPSA) is 96.2 Å². The number of aromatic nitrogens is 2. The van der Waals surface area contributed by atoms with Crippen LogP contribution in [-0.2, 0) is 0 Å². The molecule has 1 aromatic heterocycles. The molecule has 0 saturated carbocycles. The van der Waals surface area contributed by atoms with Gasteiger partial charge in [0, 0.05) is 7.05 Å². The summed E-state index contributed by atoms with van der Waals surface area (Å²) in [5.41, 5.74) is 5.28. The van der Waals surface area contributed by atoms with Crippen LogP contribution in [0.3, 0.4) is 0 Å². The molecular formula is C6H9N5O. The molecule has 1 heterocycles. The third-order valence-corrected chi connectivity index (χ3v) is 1.22. The first-order chi connectivity index (χ1) is 5.75. The fourth-order valence-electron chi connectivity index (χ4n) is 0.717. The molecule has 6 heteroatoms. The van der Waals surface area contributed by atoms with Gasteiger partial charge in [-0.15, -0.1) is 0 Å². The number of primary amides is 1. The van der Waals surface area contributed by atoms with Gasteiger partial charge < -0.3 is 16.0 Å². The van der Waals surface area contributed by atoms with E-state index in [0.717, 1.165) is 0 Å². The standard InChI is InChI=1S/C6H9N5O/c1-8-2-10-6-4(5(7)12)9-3-11-6/h2-3H,1H3,(H2,7,12)(H,8,10)(H,9,11). The lowest BCUT2D eigenvalue weighted by molar-refractivity contribution is 0.0997. The van der Waals surface area contributed by atoms with E-state index in [0.29, 0.717) is 5.82 Å². The van der Waals surface area contributed by atoms with Crippen molar-refractivity contribution in [2.24, 2.45) is 10.7 Å². The summed E-state index contributed by atoms with van der Waals surface area (Å²) in [7, 11) is 1.60. The molecule has 1 aromatic rings. The summed E-state index contributed by atoms with van der Waals surface area (Å²) in [4.78, 5) is 20.8. The maximum Gasteiger partial charge on any atom is 0.269 e. The van der Waals surface area contributed by atoms with Gasteiger partial charge in [0.2, 0.25) is 0 Å². The van der Waals surface area contributed by atoms with E-state index in [9.17, 15) is 4.79 Å². The van der Waals surface area contributed by atoms with Gasteiger partial charge in [0.15, 0.2) is 5.82 Å². The molecule has 0 saturated heterocycles.